The van der Waals surface area contributed by atoms with E-state index in [2.05, 4.69) is 11.8 Å². The molecule has 1 aliphatic heterocycles. The van der Waals surface area contributed by atoms with Crippen molar-refractivity contribution in [3.8, 4) is 11.8 Å². The third kappa shape index (κ3) is 6.70. The summed E-state index contributed by atoms with van der Waals surface area (Å²) in [7, 11) is 1.57. The first-order valence-corrected chi connectivity index (χ1v) is 12.9. The van der Waals surface area contributed by atoms with Gasteiger partial charge >= 0.3 is 11.9 Å². The van der Waals surface area contributed by atoms with Crippen LogP contribution < -0.4 is 0 Å². The highest BCUT2D eigenvalue weighted by Gasteiger charge is 2.43. The van der Waals surface area contributed by atoms with E-state index in [-0.39, 0.29) is 18.8 Å². The van der Waals surface area contributed by atoms with Gasteiger partial charge in [0.15, 0.2) is 0 Å². The zero-order valence-corrected chi connectivity index (χ0v) is 22.3. The molecule has 6 nitrogen and oxygen atoms in total. The number of methoxy groups -OCH3 is 1. The molecule has 0 saturated carbocycles. The SMILES string of the molecule is CCOC(=O)C1C(c2ccccc2)=NC(C)=C(C(=O)OCC(OC)c2ccccc2)C1C#Cc1ccccc1. The van der Waals surface area contributed by atoms with Crippen LogP contribution in [0.5, 0.6) is 0 Å². The summed E-state index contributed by atoms with van der Waals surface area (Å²) < 4.78 is 16.8. The Morgan fingerprint density at radius 1 is 0.897 bits per heavy atom. The fourth-order valence-corrected chi connectivity index (χ4v) is 4.50. The van der Waals surface area contributed by atoms with Crippen LogP contribution in [0.1, 0.15) is 36.6 Å². The molecule has 0 spiro atoms. The van der Waals surface area contributed by atoms with Crippen LogP contribution >= 0.6 is 0 Å². The van der Waals surface area contributed by atoms with Crippen LogP contribution in [0.15, 0.2) is 107 Å². The summed E-state index contributed by atoms with van der Waals surface area (Å²) in [4.78, 5) is 31.8. The number of carbonyl (C=O) groups excluding carboxylic acids is 2. The van der Waals surface area contributed by atoms with E-state index in [1.807, 2.05) is 91.0 Å². The van der Waals surface area contributed by atoms with Gasteiger partial charge in [-0.15, -0.1) is 0 Å². The zero-order chi connectivity index (χ0) is 27.6. The summed E-state index contributed by atoms with van der Waals surface area (Å²) in [5.74, 6) is 3.50. The monoisotopic (exact) mass is 521 g/mol. The molecule has 0 fully saturated rings. The largest absolute Gasteiger partial charge is 0.465 e. The van der Waals surface area contributed by atoms with Gasteiger partial charge in [-0.05, 0) is 37.1 Å². The Kier molecular flexibility index (Phi) is 9.44. The molecule has 6 heteroatoms. The Hall–Kier alpha value is -4.47. The van der Waals surface area contributed by atoms with Crippen molar-refractivity contribution in [2.75, 3.05) is 20.3 Å². The number of hydrogen-bond acceptors (Lipinski definition) is 6. The van der Waals surface area contributed by atoms with Crippen LogP contribution in [-0.4, -0.2) is 38.0 Å². The second kappa shape index (κ2) is 13.4. The van der Waals surface area contributed by atoms with E-state index in [0.717, 1.165) is 16.7 Å². The molecule has 39 heavy (non-hydrogen) atoms. The van der Waals surface area contributed by atoms with E-state index >= 15 is 0 Å². The average molecular weight is 522 g/mol. The lowest BCUT2D eigenvalue weighted by molar-refractivity contribution is -0.147. The van der Waals surface area contributed by atoms with Crippen LogP contribution in [0.2, 0.25) is 0 Å². The van der Waals surface area contributed by atoms with Crippen molar-refractivity contribution < 1.29 is 23.8 Å². The Balaban J connectivity index is 1.76. The quantitative estimate of drug-likeness (QED) is 0.287. The minimum Gasteiger partial charge on any atom is -0.465 e. The highest BCUT2D eigenvalue weighted by atomic mass is 16.6. The predicted octanol–water partition coefficient (Wildman–Crippen LogP) is 5.54. The fraction of sp³-hybridized carbons (Fsp3) is 0.242. The van der Waals surface area contributed by atoms with Crippen molar-refractivity contribution in [3.05, 3.63) is 119 Å². The van der Waals surface area contributed by atoms with Crippen molar-refractivity contribution in [1.82, 2.24) is 0 Å². The van der Waals surface area contributed by atoms with Gasteiger partial charge in [-0.25, -0.2) is 4.79 Å². The van der Waals surface area contributed by atoms with Gasteiger partial charge in [-0.1, -0.05) is 90.7 Å². The molecule has 0 aromatic heterocycles. The van der Waals surface area contributed by atoms with E-state index in [1.54, 1.807) is 21.0 Å². The summed E-state index contributed by atoms with van der Waals surface area (Å²) >= 11 is 0. The number of hydrogen-bond donors (Lipinski definition) is 0. The van der Waals surface area contributed by atoms with E-state index in [1.165, 1.54) is 0 Å². The second-order valence-corrected chi connectivity index (χ2v) is 8.94. The number of ether oxygens (including phenoxy) is 3. The lowest BCUT2D eigenvalue weighted by atomic mass is 9.77. The molecule has 3 unspecified atom stereocenters. The molecule has 3 aromatic rings. The standard InChI is InChI=1S/C33H31NO5/c1-4-38-33(36)30-27(21-20-24-14-8-5-9-15-24)29(23(2)34-31(30)26-18-12-7-13-19-26)32(35)39-22-28(37-3)25-16-10-6-11-17-25/h5-19,27-28,30H,4,22H2,1-3H3. The molecular formula is C33H31NO5. The first-order valence-electron chi connectivity index (χ1n) is 12.9. The Bertz CT molecular complexity index is 1400. The first kappa shape index (κ1) is 27.6. The number of benzene rings is 3. The Morgan fingerprint density at radius 2 is 1.51 bits per heavy atom. The maximum absolute atomic E-state index is 13.6. The molecule has 3 atom stereocenters. The molecular weight excluding hydrogens is 490 g/mol. The molecule has 0 bridgehead atoms. The number of allylic oxidation sites excluding steroid dienone is 1. The first-order chi connectivity index (χ1) is 19.0. The normalized spacial score (nSPS) is 17.4. The predicted molar refractivity (Wildman–Crippen MR) is 150 cm³/mol. The number of nitrogens with zero attached hydrogens (tertiary/aromatic N) is 1. The summed E-state index contributed by atoms with van der Waals surface area (Å²) in [5, 5.41) is 0. The molecule has 1 heterocycles. The van der Waals surface area contributed by atoms with Crippen LogP contribution in [0.4, 0.5) is 0 Å². The molecule has 0 aliphatic carbocycles. The van der Waals surface area contributed by atoms with Crippen molar-refractivity contribution >= 4 is 17.7 Å². The van der Waals surface area contributed by atoms with Gasteiger partial charge in [-0.3, -0.25) is 9.79 Å². The van der Waals surface area contributed by atoms with Crippen molar-refractivity contribution in [1.29, 1.82) is 0 Å². The minimum absolute atomic E-state index is 0.00566. The van der Waals surface area contributed by atoms with Gasteiger partial charge in [0.25, 0.3) is 0 Å². The molecule has 0 saturated heterocycles. The lowest BCUT2D eigenvalue weighted by Gasteiger charge is -2.29. The van der Waals surface area contributed by atoms with Crippen LogP contribution in [-0.2, 0) is 23.8 Å². The van der Waals surface area contributed by atoms with Crippen LogP contribution in [0.25, 0.3) is 0 Å². The van der Waals surface area contributed by atoms with E-state index in [4.69, 9.17) is 19.2 Å². The fourth-order valence-electron chi connectivity index (χ4n) is 4.50. The van der Waals surface area contributed by atoms with Crippen LogP contribution in [0, 0.1) is 23.7 Å². The van der Waals surface area contributed by atoms with E-state index < -0.39 is 29.9 Å². The maximum Gasteiger partial charge on any atom is 0.337 e. The van der Waals surface area contributed by atoms with Crippen molar-refractivity contribution in [3.63, 3.8) is 0 Å². The van der Waals surface area contributed by atoms with Gasteiger partial charge in [-0.2, -0.15) is 0 Å². The maximum atomic E-state index is 13.6. The summed E-state index contributed by atoms with van der Waals surface area (Å²) in [6.45, 7) is 3.66. The highest BCUT2D eigenvalue weighted by Crippen LogP contribution is 2.35. The molecule has 0 N–H and O–H groups in total. The van der Waals surface area contributed by atoms with Crippen molar-refractivity contribution in [2.24, 2.45) is 16.8 Å². The average Bonchev–Trinajstić information content (AvgIpc) is 2.97. The molecule has 3 aromatic carbocycles. The van der Waals surface area contributed by atoms with E-state index in [0.29, 0.717) is 11.4 Å². The summed E-state index contributed by atoms with van der Waals surface area (Å²) in [5.41, 5.74) is 3.60. The van der Waals surface area contributed by atoms with Gasteiger partial charge in [0.05, 0.1) is 23.8 Å². The smallest absolute Gasteiger partial charge is 0.337 e. The molecule has 0 radical (unpaired) electrons. The number of rotatable bonds is 8. The van der Waals surface area contributed by atoms with Crippen LogP contribution in [0.3, 0.4) is 0 Å². The molecule has 0 amide bonds. The van der Waals surface area contributed by atoms with Gasteiger partial charge in [0.1, 0.15) is 18.6 Å². The Morgan fingerprint density at radius 3 is 2.13 bits per heavy atom. The lowest BCUT2D eigenvalue weighted by Crippen LogP contribution is -2.39. The van der Waals surface area contributed by atoms with Gasteiger partial charge in [0, 0.05) is 18.4 Å². The Labute approximate surface area is 229 Å². The highest BCUT2D eigenvalue weighted by molar-refractivity contribution is 6.15. The molecule has 4 rings (SSSR count). The number of esters is 2. The zero-order valence-electron chi connectivity index (χ0n) is 22.3. The minimum atomic E-state index is -0.915. The topological polar surface area (TPSA) is 74.2 Å². The third-order valence-electron chi connectivity index (χ3n) is 6.41. The van der Waals surface area contributed by atoms with Gasteiger partial charge < -0.3 is 14.2 Å². The summed E-state index contributed by atoms with van der Waals surface area (Å²) in [6.07, 6.45) is -0.447. The van der Waals surface area contributed by atoms with E-state index in [9.17, 15) is 9.59 Å². The molecule has 198 valence electrons. The van der Waals surface area contributed by atoms with Gasteiger partial charge in [0.2, 0.25) is 0 Å². The molecule has 1 aliphatic rings. The summed E-state index contributed by atoms with van der Waals surface area (Å²) in [6, 6.07) is 28.4. The third-order valence-corrected chi connectivity index (χ3v) is 6.41. The second-order valence-electron chi connectivity index (χ2n) is 8.94. The number of aliphatic imine (C=N–C) groups is 1. The number of carbonyl (C=O) groups is 2. The van der Waals surface area contributed by atoms with Crippen molar-refractivity contribution in [2.45, 2.75) is 20.0 Å².